The molecular weight excluding hydrogens is 242 g/mol. The summed E-state index contributed by atoms with van der Waals surface area (Å²) in [5.74, 6) is 0.820. The van der Waals surface area contributed by atoms with Crippen LogP contribution in [0.4, 0.5) is 0 Å². The second kappa shape index (κ2) is 6.09. The molecule has 3 heteroatoms. The molecule has 1 rings (SSSR count). The average Bonchev–Trinajstić information content (AvgIpc) is 2.18. The molecule has 0 bridgehead atoms. The molecule has 1 aliphatic heterocycles. The van der Waals surface area contributed by atoms with E-state index < -0.39 is 0 Å². The predicted octanol–water partition coefficient (Wildman–Crippen LogP) is 2.52. The van der Waals surface area contributed by atoms with Crippen molar-refractivity contribution in [3.05, 3.63) is 0 Å². The van der Waals surface area contributed by atoms with E-state index in [9.17, 15) is 0 Å². The molecule has 0 aliphatic carbocycles. The fourth-order valence-electron chi connectivity index (χ4n) is 1.92. The second-order valence-corrected chi connectivity index (χ2v) is 5.58. The maximum absolute atomic E-state index is 5.11. The van der Waals surface area contributed by atoms with E-state index in [1.165, 1.54) is 19.5 Å². The highest BCUT2D eigenvalue weighted by atomic mass is 79.9. The summed E-state index contributed by atoms with van der Waals surface area (Å²) >= 11 is 3.76. The fraction of sp³-hybridized carbons (Fsp3) is 1.00. The van der Waals surface area contributed by atoms with Crippen molar-refractivity contribution in [1.82, 2.24) is 4.90 Å². The Morgan fingerprint density at radius 3 is 2.86 bits per heavy atom. The molecule has 0 N–H and O–H groups in total. The van der Waals surface area contributed by atoms with E-state index in [0.29, 0.717) is 10.9 Å². The van der Waals surface area contributed by atoms with Crippen molar-refractivity contribution < 1.29 is 4.74 Å². The Kier molecular flexibility index (Phi) is 5.42. The summed E-state index contributed by atoms with van der Waals surface area (Å²) in [5, 5.41) is 0. The average molecular weight is 264 g/mol. The Labute approximate surface area is 96.1 Å². The Bertz CT molecular complexity index is 165. The molecular formula is C11H22BrNO. The zero-order valence-electron chi connectivity index (χ0n) is 9.50. The molecule has 0 aromatic carbocycles. The van der Waals surface area contributed by atoms with Gasteiger partial charge in [0.05, 0.1) is 0 Å². The maximum Gasteiger partial charge on any atom is 0.0477 e. The highest BCUT2D eigenvalue weighted by Crippen LogP contribution is 2.25. The number of halogens is 1. The van der Waals surface area contributed by atoms with E-state index >= 15 is 0 Å². The molecule has 0 aromatic rings. The second-order valence-electron chi connectivity index (χ2n) is 4.41. The van der Waals surface area contributed by atoms with Crippen LogP contribution in [0, 0.1) is 5.92 Å². The summed E-state index contributed by atoms with van der Waals surface area (Å²) in [7, 11) is 1.78. The monoisotopic (exact) mass is 263 g/mol. The fourth-order valence-corrected chi connectivity index (χ4v) is 2.55. The molecule has 3 unspecified atom stereocenters. The molecule has 1 heterocycles. The van der Waals surface area contributed by atoms with Gasteiger partial charge in [-0.25, -0.2) is 0 Å². The van der Waals surface area contributed by atoms with Gasteiger partial charge in [-0.05, 0) is 32.2 Å². The zero-order valence-corrected chi connectivity index (χ0v) is 11.1. The lowest BCUT2D eigenvalue weighted by Crippen LogP contribution is -2.45. The van der Waals surface area contributed by atoms with E-state index in [4.69, 9.17) is 4.74 Å². The lowest BCUT2D eigenvalue weighted by atomic mass is 9.97. The molecule has 0 radical (unpaired) electrons. The van der Waals surface area contributed by atoms with Gasteiger partial charge >= 0.3 is 0 Å². The molecule has 3 atom stereocenters. The Balaban J connectivity index is 2.30. The van der Waals surface area contributed by atoms with E-state index in [-0.39, 0.29) is 0 Å². The summed E-state index contributed by atoms with van der Waals surface area (Å²) < 4.78 is 5.11. The standard InChI is InChI=1S/C11H22BrNO/c1-9-4-6-13(8-11(9)12)10(2)5-7-14-3/h9-11H,4-8H2,1-3H3. The predicted molar refractivity (Wildman–Crippen MR) is 64.0 cm³/mol. The first kappa shape index (κ1) is 12.5. The van der Waals surface area contributed by atoms with E-state index in [1.807, 2.05) is 0 Å². The number of ether oxygens (including phenoxy) is 1. The van der Waals surface area contributed by atoms with Crippen LogP contribution >= 0.6 is 15.9 Å². The lowest BCUT2D eigenvalue weighted by molar-refractivity contribution is 0.114. The van der Waals surface area contributed by atoms with Crippen LogP contribution in [0.25, 0.3) is 0 Å². The lowest BCUT2D eigenvalue weighted by Gasteiger charge is -2.38. The molecule has 0 spiro atoms. The molecule has 1 aliphatic rings. The van der Waals surface area contributed by atoms with Crippen LogP contribution in [0.15, 0.2) is 0 Å². The van der Waals surface area contributed by atoms with Gasteiger partial charge in [0, 0.05) is 31.1 Å². The summed E-state index contributed by atoms with van der Waals surface area (Å²) in [6, 6.07) is 0.655. The van der Waals surface area contributed by atoms with Crippen molar-refractivity contribution in [2.45, 2.75) is 37.6 Å². The highest BCUT2D eigenvalue weighted by molar-refractivity contribution is 9.09. The quantitative estimate of drug-likeness (QED) is 0.723. The van der Waals surface area contributed by atoms with Crippen LogP contribution in [0.3, 0.4) is 0 Å². The first-order valence-corrected chi connectivity index (χ1v) is 6.43. The molecule has 0 saturated carbocycles. The van der Waals surface area contributed by atoms with Crippen molar-refractivity contribution in [3.8, 4) is 0 Å². The largest absolute Gasteiger partial charge is 0.385 e. The Hall–Kier alpha value is 0.400. The number of nitrogens with zero attached hydrogens (tertiary/aromatic N) is 1. The van der Waals surface area contributed by atoms with Gasteiger partial charge in [-0.3, -0.25) is 4.90 Å². The van der Waals surface area contributed by atoms with Crippen molar-refractivity contribution in [1.29, 1.82) is 0 Å². The number of likely N-dealkylation sites (tertiary alicyclic amines) is 1. The van der Waals surface area contributed by atoms with Gasteiger partial charge in [-0.1, -0.05) is 22.9 Å². The third kappa shape index (κ3) is 3.52. The third-order valence-electron chi connectivity index (χ3n) is 3.26. The summed E-state index contributed by atoms with van der Waals surface area (Å²) in [6.45, 7) is 7.94. The number of piperidine rings is 1. The minimum Gasteiger partial charge on any atom is -0.385 e. The number of methoxy groups -OCH3 is 1. The van der Waals surface area contributed by atoms with Crippen LogP contribution in [0.1, 0.15) is 26.7 Å². The number of alkyl halides is 1. The van der Waals surface area contributed by atoms with Gasteiger partial charge < -0.3 is 4.74 Å². The molecule has 84 valence electrons. The maximum atomic E-state index is 5.11. The van der Waals surface area contributed by atoms with Gasteiger partial charge in [0.25, 0.3) is 0 Å². The summed E-state index contributed by atoms with van der Waals surface area (Å²) in [6.07, 6.45) is 2.46. The van der Waals surface area contributed by atoms with Crippen molar-refractivity contribution in [2.24, 2.45) is 5.92 Å². The van der Waals surface area contributed by atoms with Crippen LogP contribution in [0.5, 0.6) is 0 Å². The van der Waals surface area contributed by atoms with Gasteiger partial charge in [-0.2, -0.15) is 0 Å². The van der Waals surface area contributed by atoms with E-state index in [2.05, 4.69) is 34.7 Å². The van der Waals surface area contributed by atoms with Crippen LogP contribution < -0.4 is 0 Å². The van der Waals surface area contributed by atoms with Gasteiger partial charge in [-0.15, -0.1) is 0 Å². The van der Waals surface area contributed by atoms with E-state index in [1.54, 1.807) is 7.11 Å². The number of hydrogen-bond donors (Lipinski definition) is 0. The van der Waals surface area contributed by atoms with Gasteiger partial charge in [0.2, 0.25) is 0 Å². The highest BCUT2D eigenvalue weighted by Gasteiger charge is 2.26. The SMILES string of the molecule is COCCC(C)N1CCC(C)C(Br)C1. The molecule has 2 nitrogen and oxygen atoms in total. The first-order valence-electron chi connectivity index (χ1n) is 5.52. The normalized spacial score (nSPS) is 31.7. The Morgan fingerprint density at radius 1 is 1.57 bits per heavy atom. The molecule has 0 aromatic heterocycles. The van der Waals surface area contributed by atoms with Crippen LogP contribution in [-0.4, -0.2) is 42.6 Å². The van der Waals surface area contributed by atoms with Crippen molar-refractivity contribution in [2.75, 3.05) is 26.8 Å². The topological polar surface area (TPSA) is 12.5 Å². The molecule has 14 heavy (non-hydrogen) atoms. The zero-order chi connectivity index (χ0) is 10.6. The van der Waals surface area contributed by atoms with Crippen LogP contribution in [0.2, 0.25) is 0 Å². The van der Waals surface area contributed by atoms with Gasteiger partial charge in [0.1, 0.15) is 0 Å². The van der Waals surface area contributed by atoms with Crippen molar-refractivity contribution >= 4 is 15.9 Å². The van der Waals surface area contributed by atoms with Crippen molar-refractivity contribution in [3.63, 3.8) is 0 Å². The number of rotatable bonds is 4. The number of hydrogen-bond acceptors (Lipinski definition) is 2. The third-order valence-corrected chi connectivity index (χ3v) is 4.45. The van der Waals surface area contributed by atoms with E-state index in [0.717, 1.165) is 18.9 Å². The minimum atomic E-state index is 0.655. The minimum absolute atomic E-state index is 0.655. The first-order chi connectivity index (χ1) is 6.65. The van der Waals surface area contributed by atoms with Gasteiger partial charge in [0.15, 0.2) is 0 Å². The summed E-state index contributed by atoms with van der Waals surface area (Å²) in [5.41, 5.74) is 0. The Morgan fingerprint density at radius 2 is 2.29 bits per heavy atom. The smallest absolute Gasteiger partial charge is 0.0477 e. The molecule has 1 fully saturated rings. The summed E-state index contributed by atoms with van der Waals surface area (Å²) in [4.78, 5) is 3.24. The molecule has 0 amide bonds. The van der Waals surface area contributed by atoms with Crippen LogP contribution in [-0.2, 0) is 4.74 Å². The molecule has 1 saturated heterocycles.